The number of carbonyl (C=O) groups excluding carboxylic acids is 1. The smallest absolute Gasteiger partial charge is 0.274 e. The van der Waals surface area contributed by atoms with Crippen molar-refractivity contribution >= 4 is 17.3 Å². The monoisotopic (exact) mass is 242 g/mol. The minimum absolute atomic E-state index is 0.287. The predicted molar refractivity (Wildman–Crippen MR) is 70.2 cm³/mol. The van der Waals surface area contributed by atoms with Gasteiger partial charge in [-0.1, -0.05) is 19.1 Å². The summed E-state index contributed by atoms with van der Waals surface area (Å²) >= 11 is 0. The minimum atomic E-state index is -0.287. The number of aryl methyl sites for hydroxylation is 1. The van der Waals surface area contributed by atoms with Crippen molar-refractivity contribution in [3.63, 3.8) is 0 Å². The summed E-state index contributed by atoms with van der Waals surface area (Å²) in [5.41, 5.74) is 7.20. The first-order chi connectivity index (χ1) is 8.70. The van der Waals surface area contributed by atoms with Crippen LogP contribution in [0.3, 0.4) is 0 Å². The van der Waals surface area contributed by atoms with Crippen molar-refractivity contribution in [2.24, 2.45) is 0 Å². The first kappa shape index (κ1) is 12.0. The van der Waals surface area contributed by atoms with Gasteiger partial charge < -0.3 is 11.1 Å². The van der Waals surface area contributed by atoms with Gasteiger partial charge in [0.05, 0.1) is 11.4 Å². The van der Waals surface area contributed by atoms with E-state index in [4.69, 9.17) is 5.73 Å². The Labute approximate surface area is 105 Å². The zero-order chi connectivity index (χ0) is 13.0. The van der Waals surface area contributed by atoms with Gasteiger partial charge >= 0.3 is 0 Å². The van der Waals surface area contributed by atoms with E-state index in [0.29, 0.717) is 29.3 Å². The van der Waals surface area contributed by atoms with Crippen LogP contribution in [0.15, 0.2) is 36.5 Å². The molecular weight excluding hydrogens is 228 g/mol. The molecule has 2 rings (SSSR count). The minimum Gasteiger partial charge on any atom is -0.397 e. The highest BCUT2D eigenvalue weighted by molar-refractivity contribution is 6.04. The Morgan fingerprint density at radius 3 is 2.83 bits per heavy atom. The van der Waals surface area contributed by atoms with Crippen LogP contribution in [0, 0.1) is 0 Å². The Morgan fingerprint density at radius 2 is 2.11 bits per heavy atom. The van der Waals surface area contributed by atoms with Gasteiger partial charge in [-0.3, -0.25) is 4.79 Å². The second-order valence-corrected chi connectivity index (χ2v) is 3.75. The number of para-hydroxylation sites is 2. The lowest BCUT2D eigenvalue weighted by molar-refractivity contribution is 0.102. The van der Waals surface area contributed by atoms with Crippen LogP contribution in [0.5, 0.6) is 0 Å². The molecule has 3 N–H and O–H groups in total. The number of nitrogens with one attached hydrogen (secondary N) is 1. The molecule has 0 aliphatic heterocycles. The molecule has 0 saturated heterocycles. The third-order valence-electron chi connectivity index (χ3n) is 2.46. The lowest BCUT2D eigenvalue weighted by atomic mass is 10.2. The van der Waals surface area contributed by atoms with E-state index in [1.165, 1.54) is 0 Å². The molecule has 0 spiro atoms. The van der Waals surface area contributed by atoms with Crippen molar-refractivity contribution in [2.45, 2.75) is 13.3 Å². The summed E-state index contributed by atoms with van der Waals surface area (Å²) in [4.78, 5) is 20.2. The van der Waals surface area contributed by atoms with Crippen LogP contribution in [0.4, 0.5) is 11.4 Å². The van der Waals surface area contributed by atoms with Crippen molar-refractivity contribution in [1.29, 1.82) is 0 Å². The van der Waals surface area contributed by atoms with Gasteiger partial charge in [0.15, 0.2) is 0 Å². The van der Waals surface area contributed by atoms with Crippen LogP contribution in [0.25, 0.3) is 0 Å². The summed E-state index contributed by atoms with van der Waals surface area (Å²) in [7, 11) is 0. The van der Waals surface area contributed by atoms with Crippen LogP contribution in [-0.4, -0.2) is 15.9 Å². The summed E-state index contributed by atoms with van der Waals surface area (Å²) in [6, 6.07) is 8.67. The highest BCUT2D eigenvalue weighted by Crippen LogP contribution is 2.17. The second-order valence-electron chi connectivity index (χ2n) is 3.75. The van der Waals surface area contributed by atoms with Crippen molar-refractivity contribution in [3.8, 4) is 0 Å². The SMILES string of the molecule is CCc1nccc(C(=O)Nc2ccccc2N)n1. The number of aromatic nitrogens is 2. The largest absolute Gasteiger partial charge is 0.397 e. The van der Waals surface area contributed by atoms with Gasteiger partial charge in [0, 0.05) is 12.6 Å². The number of hydrogen-bond acceptors (Lipinski definition) is 4. The molecule has 0 fully saturated rings. The zero-order valence-electron chi connectivity index (χ0n) is 10.1. The van der Waals surface area contributed by atoms with Crippen LogP contribution in [0.2, 0.25) is 0 Å². The molecule has 1 heterocycles. The average molecular weight is 242 g/mol. The number of benzene rings is 1. The number of rotatable bonds is 3. The van der Waals surface area contributed by atoms with Crippen LogP contribution in [0.1, 0.15) is 23.2 Å². The first-order valence-electron chi connectivity index (χ1n) is 5.68. The summed E-state index contributed by atoms with van der Waals surface area (Å²) in [6.45, 7) is 1.94. The van der Waals surface area contributed by atoms with Gasteiger partial charge in [0.25, 0.3) is 5.91 Å². The quantitative estimate of drug-likeness (QED) is 0.805. The fraction of sp³-hybridized carbons (Fsp3) is 0.154. The lowest BCUT2D eigenvalue weighted by Crippen LogP contribution is -2.15. The Kier molecular flexibility index (Phi) is 3.52. The molecule has 2 aromatic rings. The molecule has 5 heteroatoms. The van der Waals surface area contributed by atoms with Crippen molar-refractivity contribution in [1.82, 2.24) is 9.97 Å². The van der Waals surface area contributed by atoms with E-state index in [-0.39, 0.29) is 5.91 Å². The molecule has 0 bridgehead atoms. The number of carbonyl (C=O) groups is 1. The number of amides is 1. The van der Waals surface area contributed by atoms with E-state index in [9.17, 15) is 4.79 Å². The molecule has 1 aromatic heterocycles. The second kappa shape index (κ2) is 5.27. The summed E-state index contributed by atoms with van der Waals surface area (Å²) in [5, 5.41) is 2.72. The van der Waals surface area contributed by atoms with Crippen LogP contribution in [-0.2, 0) is 6.42 Å². The van der Waals surface area contributed by atoms with E-state index in [0.717, 1.165) is 0 Å². The number of nitrogen functional groups attached to an aromatic ring is 1. The summed E-state index contributed by atoms with van der Waals surface area (Å²) in [6.07, 6.45) is 2.27. The molecule has 0 aliphatic rings. The molecule has 0 radical (unpaired) electrons. The third-order valence-corrected chi connectivity index (χ3v) is 2.46. The summed E-state index contributed by atoms with van der Waals surface area (Å²) in [5.74, 6) is 0.355. The topological polar surface area (TPSA) is 80.9 Å². The van der Waals surface area contributed by atoms with Crippen LogP contribution < -0.4 is 11.1 Å². The maximum absolute atomic E-state index is 12.0. The molecule has 0 aliphatic carbocycles. The predicted octanol–water partition coefficient (Wildman–Crippen LogP) is 1.87. The van der Waals surface area contributed by atoms with E-state index in [1.54, 1.807) is 24.4 Å². The highest BCUT2D eigenvalue weighted by Gasteiger charge is 2.09. The van der Waals surface area contributed by atoms with Crippen LogP contribution >= 0.6 is 0 Å². The molecule has 0 saturated carbocycles. The fourth-order valence-electron chi connectivity index (χ4n) is 1.49. The lowest BCUT2D eigenvalue weighted by Gasteiger charge is -2.07. The molecule has 92 valence electrons. The maximum atomic E-state index is 12.0. The number of nitrogens with two attached hydrogens (primary N) is 1. The van der Waals surface area contributed by atoms with Gasteiger partial charge in [-0.25, -0.2) is 9.97 Å². The van der Waals surface area contributed by atoms with Crippen molar-refractivity contribution in [3.05, 3.63) is 48.0 Å². The number of anilines is 2. The Bertz CT molecular complexity index is 568. The normalized spacial score (nSPS) is 10.1. The van der Waals surface area contributed by atoms with E-state index >= 15 is 0 Å². The van der Waals surface area contributed by atoms with Gasteiger partial charge in [-0.15, -0.1) is 0 Å². The Balaban J connectivity index is 2.19. The third kappa shape index (κ3) is 2.63. The molecule has 18 heavy (non-hydrogen) atoms. The van der Waals surface area contributed by atoms with Crippen molar-refractivity contribution < 1.29 is 4.79 Å². The average Bonchev–Trinajstić information content (AvgIpc) is 2.41. The number of hydrogen-bond donors (Lipinski definition) is 2. The molecule has 0 unspecified atom stereocenters. The maximum Gasteiger partial charge on any atom is 0.274 e. The van der Waals surface area contributed by atoms with Gasteiger partial charge in [0.2, 0.25) is 0 Å². The standard InChI is InChI=1S/C13H14N4O/c1-2-12-15-8-7-11(16-12)13(18)17-10-6-4-3-5-9(10)14/h3-8H,2,14H2,1H3,(H,17,18). The Hall–Kier alpha value is -2.43. The van der Waals surface area contributed by atoms with Gasteiger partial charge in [-0.05, 0) is 18.2 Å². The van der Waals surface area contributed by atoms with E-state index in [2.05, 4.69) is 15.3 Å². The van der Waals surface area contributed by atoms with E-state index in [1.807, 2.05) is 19.1 Å². The zero-order valence-corrected chi connectivity index (χ0v) is 10.1. The molecular formula is C13H14N4O. The first-order valence-corrected chi connectivity index (χ1v) is 5.68. The number of nitrogens with zero attached hydrogens (tertiary/aromatic N) is 2. The highest BCUT2D eigenvalue weighted by atomic mass is 16.1. The molecule has 1 aromatic carbocycles. The molecule has 0 atom stereocenters. The molecule has 1 amide bonds. The van der Waals surface area contributed by atoms with Gasteiger partial charge in [0.1, 0.15) is 11.5 Å². The van der Waals surface area contributed by atoms with Crippen molar-refractivity contribution in [2.75, 3.05) is 11.1 Å². The summed E-state index contributed by atoms with van der Waals surface area (Å²) < 4.78 is 0. The van der Waals surface area contributed by atoms with Gasteiger partial charge in [-0.2, -0.15) is 0 Å². The fourth-order valence-corrected chi connectivity index (χ4v) is 1.49. The Morgan fingerprint density at radius 1 is 1.33 bits per heavy atom. The molecule has 5 nitrogen and oxygen atoms in total. The van der Waals surface area contributed by atoms with E-state index < -0.39 is 0 Å².